The molecular formula is C20H19FN6O2. The second kappa shape index (κ2) is 7.08. The Hall–Kier alpha value is -3.62. The van der Waals surface area contributed by atoms with Crippen LogP contribution in [-0.2, 0) is 0 Å². The van der Waals surface area contributed by atoms with E-state index in [1.54, 1.807) is 20.0 Å². The third-order valence-corrected chi connectivity index (χ3v) is 4.46. The van der Waals surface area contributed by atoms with Gasteiger partial charge in [-0.05, 0) is 36.6 Å². The van der Waals surface area contributed by atoms with Crippen molar-refractivity contribution in [2.24, 2.45) is 0 Å². The van der Waals surface area contributed by atoms with Crippen LogP contribution in [0.15, 0.2) is 35.0 Å². The molecule has 1 amide bonds. The monoisotopic (exact) mass is 394 g/mol. The summed E-state index contributed by atoms with van der Waals surface area (Å²) in [4.78, 5) is 25.1. The van der Waals surface area contributed by atoms with E-state index in [0.29, 0.717) is 23.0 Å². The Labute approximate surface area is 165 Å². The molecule has 0 aliphatic rings. The van der Waals surface area contributed by atoms with Gasteiger partial charge in [0.25, 0.3) is 11.7 Å². The number of fused-ring (bicyclic) bond motifs is 1. The Morgan fingerprint density at radius 3 is 2.72 bits per heavy atom. The van der Waals surface area contributed by atoms with Crippen LogP contribution in [0.2, 0.25) is 0 Å². The molecule has 9 heteroatoms. The van der Waals surface area contributed by atoms with Gasteiger partial charge in [-0.25, -0.2) is 18.9 Å². The molecule has 1 aromatic carbocycles. The highest BCUT2D eigenvalue weighted by molar-refractivity contribution is 6.03. The smallest absolute Gasteiger partial charge is 0.293 e. The molecule has 0 saturated heterocycles. The van der Waals surface area contributed by atoms with Crippen molar-refractivity contribution in [3.63, 3.8) is 0 Å². The summed E-state index contributed by atoms with van der Waals surface area (Å²) >= 11 is 0. The lowest BCUT2D eigenvalue weighted by atomic mass is 10.1. The van der Waals surface area contributed by atoms with Crippen LogP contribution in [0.5, 0.6) is 0 Å². The van der Waals surface area contributed by atoms with E-state index in [1.165, 1.54) is 22.7 Å². The maximum Gasteiger partial charge on any atom is 0.293 e. The van der Waals surface area contributed by atoms with Crippen LogP contribution in [-0.4, -0.2) is 30.5 Å². The van der Waals surface area contributed by atoms with E-state index in [-0.39, 0.29) is 23.1 Å². The summed E-state index contributed by atoms with van der Waals surface area (Å²) in [5.74, 6) is 0.364. The lowest BCUT2D eigenvalue weighted by molar-refractivity contribution is 0.0994. The molecule has 0 fully saturated rings. The molecule has 8 nitrogen and oxygen atoms in total. The first-order valence-corrected chi connectivity index (χ1v) is 9.09. The lowest BCUT2D eigenvalue weighted by Crippen LogP contribution is -2.12. The van der Waals surface area contributed by atoms with Gasteiger partial charge in [-0.15, -0.1) is 5.10 Å². The molecule has 1 N–H and O–H groups in total. The van der Waals surface area contributed by atoms with Gasteiger partial charge in [-0.3, -0.25) is 4.79 Å². The number of nitrogens with zero attached hydrogens (tertiary/aromatic N) is 5. The molecule has 0 radical (unpaired) electrons. The topological polar surface area (TPSA) is 98.2 Å². The number of hydrogen-bond donors (Lipinski definition) is 1. The average molecular weight is 394 g/mol. The first-order chi connectivity index (χ1) is 13.8. The minimum absolute atomic E-state index is 0.115. The zero-order valence-electron chi connectivity index (χ0n) is 16.4. The van der Waals surface area contributed by atoms with Crippen molar-refractivity contribution in [1.29, 1.82) is 0 Å². The van der Waals surface area contributed by atoms with Crippen LogP contribution in [0.3, 0.4) is 0 Å². The second-order valence-electron chi connectivity index (χ2n) is 7.02. The maximum atomic E-state index is 14.5. The number of amides is 1. The number of oxazole rings is 1. The average Bonchev–Trinajstić information content (AvgIpc) is 3.24. The standard InChI is InChI=1S/C20H19FN6O2/c1-10(2)13-8-22-20-25-18(26-27(20)9-13)15-7-14(5-6-16(15)21)24-19(28)17-11(3)23-12(4)29-17/h5-10H,1-4H3,(H,24,28). The van der Waals surface area contributed by atoms with Gasteiger partial charge in [0.2, 0.25) is 5.76 Å². The fourth-order valence-corrected chi connectivity index (χ4v) is 2.91. The summed E-state index contributed by atoms with van der Waals surface area (Å²) in [5, 5.41) is 7.03. The summed E-state index contributed by atoms with van der Waals surface area (Å²) in [7, 11) is 0. The number of aryl methyl sites for hydroxylation is 2. The third-order valence-electron chi connectivity index (χ3n) is 4.46. The predicted molar refractivity (Wildman–Crippen MR) is 104 cm³/mol. The van der Waals surface area contributed by atoms with E-state index in [0.717, 1.165) is 5.56 Å². The van der Waals surface area contributed by atoms with E-state index in [1.807, 2.05) is 20.0 Å². The van der Waals surface area contributed by atoms with Crippen molar-refractivity contribution < 1.29 is 13.6 Å². The molecule has 0 aliphatic carbocycles. The highest BCUT2D eigenvalue weighted by Gasteiger charge is 2.18. The van der Waals surface area contributed by atoms with Gasteiger partial charge < -0.3 is 9.73 Å². The van der Waals surface area contributed by atoms with Crippen LogP contribution >= 0.6 is 0 Å². The first-order valence-electron chi connectivity index (χ1n) is 9.09. The Morgan fingerprint density at radius 2 is 2.03 bits per heavy atom. The fourth-order valence-electron chi connectivity index (χ4n) is 2.91. The molecule has 0 unspecified atom stereocenters. The second-order valence-corrected chi connectivity index (χ2v) is 7.02. The van der Waals surface area contributed by atoms with Crippen molar-refractivity contribution in [1.82, 2.24) is 24.6 Å². The van der Waals surface area contributed by atoms with Crippen molar-refractivity contribution in [2.75, 3.05) is 5.32 Å². The van der Waals surface area contributed by atoms with E-state index >= 15 is 0 Å². The largest absolute Gasteiger partial charge is 0.436 e. The Kier molecular flexibility index (Phi) is 4.57. The molecule has 4 aromatic rings. The van der Waals surface area contributed by atoms with Crippen LogP contribution in [0.4, 0.5) is 10.1 Å². The molecule has 0 atom stereocenters. The quantitative estimate of drug-likeness (QED) is 0.563. The van der Waals surface area contributed by atoms with Crippen LogP contribution in [0.25, 0.3) is 17.2 Å². The van der Waals surface area contributed by atoms with Gasteiger partial charge in [-0.1, -0.05) is 13.8 Å². The minimum Gasteiger partial charge on any atom is -0.436 e. The van der Waals surface area contributed by atoms with Gasteiger partial charge in [-0.2, -0.15) is 4.98 Å². The fraction of sp³-hybridized carbons (Fsp3) is 0.250. The molecule has 148 valence electrons. The molecular weight excluding hydrogens is 375 g/mol. The maximum absolute atomic E-state index is 14.5. The molecule has 0 saturated carbocycles. The van der Waals surface area contributed by atoms with Gasteiger partial charge in [0, 0.05) is 25.0 Å². The summed E-state index contributed by atoms with van der Waals surface area (Å²) in [6, 6.07) is 4.19. The van der Waals surface area contributed by atoms with Gasteiger partial charge >= 0.3 is 0 Å². The molecule has 3 aromatic heterocycles. The Balaban J connectivity index is 1.67. The van der Waals surface area contributed by atoms with Gasteiger partial charge in [0.1, 0.15) is 5.82 Å². The van der Waals surface area contributed by atoms with E-state index in [2.05, 4.69) is 25.4 Å². The number of hydrogen-bond acceptors (Lipinski definition) is 6. The van der Waals surface area contributed by atoms with E-state index < -0.39 is 11.7 Å². The molecule has 3 heterocycles. The Morgan fingerprint density at radius 1 is 1.24 bits per heavy atom. The summed E-state index contributed by atoms with van der Waals surface area (Å²) in [5.41, 5.74) is 2.02. The highest BCUT2D eigenvalue weighted by Crippen LogP contribution is 2.25. The normalized spacial score (nSPS) is 11.4. The van der Waals surface area contributed by atoms with Crippen molar-refractivity contribution in [3.8, 4) is 11.4 Å². The number of anilines is 1. The first kappa shape index (κ1) is 18.7. The summed E-state index contributed by atoms with van der Waals surface area (Å²) in [6.45, 7) is 7.43. The SMILES string of the molecule is Cc1nc(C)c(C(=O)Nc2ccc(F)c(-c3nc4ncc(C(C)C)cn4n3)c2)o1. The number of nitrogens with one attached hydrogen (secondary N) is 1. The van der Waals surface area contributed by atoms with Gasteiger partial charge in [0.15, 0.2) is 11.7 Å². The van der Waals surface area contributed by atoms with Gasteiger partial charge in [0.05, 0.1) is 11.3 Å². The molecule has 0 aliphatic heterocycles. The van der Waals surface area contributed by atoms with Crippen LogP contribution in [0, 0.1) is 19.7 Å². The number of halogens is 1. The summed E-state index contributed by atoms with van der Waals surface area (Å²) < 4.78 is 21.3. The number of carbonyl (C=O) groups excluding carboxylic acids is 1. The van der Waals surface area contributed by atoms with Crippen LogP contribution in [0.1, 0.15) is 47.5 Å². The predicted octanol–water partition coefficient (Wildman–Crippen LogP) is 3.91. The summed E-state index contributed by atoms with van der Waals surface area (Å²) in [6.07, 6.45) is 3.55. The number of rotatable bonds is 4. The molecule has 0 bridgehead atoms. The Bertz CT molecular complexity index is 1230. The van der Waals surface area contributed by atoms with E-state index in [9.17, 15) is 9.18 Å². The number of carbonyl (C=O) groups is 1. The van der Waals surface area contributed by atoms with E-state index in [4.69, 9.17) is 4.42 Å². The van der Waals surface area contributed by atoms with Crippen molar-refractivity contribution in [3.05, 3.63) is 59.3 Å². The zero-order valence-corrected chi connectivity index (χ0v) is 16.4. The zero-order chi connectivity index (χ0) is 20.7. The van der Waals surface area contributed by atoms with Crippen LogP contribution < -0.4 is 5.32 Å². The molecule has 0 spiro atoms. The number of benzene rings is 1. The van der Waals surface area contributed by atoms with Crippen molar-refractivity contribution in [2.45, 2.75) is 33.6 Å². The molecule has 4 rings (SSSR count). The highest BCUT2D eigenvalue weighted by atomic mass is 19.1. The molecule has 29 heavy (non-hydrogen) atoms. The van der Waals surface area contributed by atoms with Crippen molar-refractivity contribution >= 4 is 17.4 Å². The number of aromatic nitrogens is 5. The third kappa shape index (κ3) is 3.58. The minimum atomic E-state index is -0.505. The lowest BCUT2D eigenvalue weighted by Gasteiger charge is -2.06.